The first kappa shape index (κ1) is 24.4. The van der Waals surface area contributed by atoms with E-state index in [1.807, 2.05) is 18.5 Å². The van der Waals surface area contributed by atoms with Crippen molar-refractivity contribution in [2.45, 2.75) is 77.0 Å². The molecule has 0 atom stereocenters. The van der Waals surface area contributed by atoms with E-state index in [0.717, 1.165) is 38.9 Å². The second-order valence-corrected chi connectivity index (χ2v) is 13.6. The molecule has 0 aliphatic heterocycles. The minimum absolute atomic E-state index is 0.113. The van der Waals surface area contributed by atoms with Crippen LogP contribution in [0.5, 0.6) is 0 Å². The Bertz CT molecular complexity index is 1520. The van der Waals surface area contributed by atoms with Crippen LogP contribution in [0.4, 0.5) is 0 Å². The van der Waals surface area contributed by atoms with Gasteiger partial charge in [0.05, 0.1) is 11.2 Å². The number of fused-ring (bicyclic) bond motifs is 2. The van der Waals surface area contributed by atoms with Crippen LogP contribution in [0.1, 0.15) is 78.1 Å². The zero-order valence-electron chi connectivity index (χ0n) is 21.6. The maximum Gasteiger partial charge on any atom is 0.179 e. The van der Waals surface area contributed by atoms with Gasteiger partial charge in [-0.25, -0.2) is 8.42 Å². The maximum atomic E-state index is 12.5. The predicted octanol–water partition coefficient (Wildman–Crippen LogP) is 7.16. The standard InChI is InChI=1S/C28H34N2O3S/c1-16(2)24-25-20(22(14-30-24)28(6,7)8)10-17(13-29-25)19-11-18(27(3,4)5)12-21-23(34(9,31)32)15-33-26(19)21/h10-16H,1-9H3. The lowest BCUT2D eigenvalue weighted by atomic mass is 9.83. The highest BCUT2D eigenvalue weighted by molar-refractivity contribution is 7.91. The van der Waals surface area contributed by atoms with Crippen molar-refractivity contribution in [3.8, 4) is 11.1 Å². The van der Waals surface area contributed by atoms with Crippen molar-refractivity contribution in [1.29, 1.82) is 0 Å². The summed E-state index contributed by atoms with van der Waals surface area (Å²) in [6.07, 6.45) is 6.39. The lowest BCUT2D eigenvalue weighted by molar-refractivity contribution is 0.587. The van der Waals surface area contributed by atoms with E-state index in [1.165, 1.54) is 12.5 Å². The average molecular weight is 479 g/mol. The maximum absolute atomic E-state index is 12.5. The topological polar surface area (TPSA) is 73.1 Å². The van der Waals surface area contributed by atoms with Gasteiger partial charge >= 0.3 is 0 Å². The third-order valence-electron chi connectivity index (χ3n) is 6.32. The van der Waals surface area contributed by atoms with Crippen molar-refractivity contribution in [2.75, 3.05) is 6.26 Å². The van der Waals surface area contributed by atoms with Crippen LogP contribution in [-0.4, -0.2) is 24.6 Å². The lowest BCUT2D eigenvalue weighted by Gasteiger charge is -2.23. The van der Waals surface area contributed by atoms with Crippen molar-refractivity contribution in [3.63, 3.8) is 0 Å². The molecule has 0 fully saturated rings. The predicted molar refractivity (Wildman–Crippen MR) is 139 cm³/mol. The number of aromatic nitrogens is 2. The highest BCUT2D eigenvalue weighted by atomic mass is 32.2. The van der Waals surface area contributed by atoms with E-state index >= 15 is 0 Å². The van der Waals surface area contributed by atoms with E-state index in [2.05, 4.69) is 67.5 Å². The fraction of sp³-hybridized carbons (Fsp3) is 0.429. The van der Waals surface area contributed by atoms with Crippen molar-refractivity contribution in [1.82, 2.24) is 9.97 Å². The van der Waals surface area contributed by atoms with Gasteiger partial charge in [-0.3, -0.25) is 9.97 Å². The van der Waals surface area contributed by atoms with Gasteiger partial charge in [0.1, 0.15) is 16.7 Å². The highest BCUT2D eigenvalue weighted by Crippen LogP contribution is 2.40. The van der Waals surface area contributed by atoms with Gasteiger partial charge in [0.25, 0.3) is 0 Å². The summed E-state index contributed by atoms with van der Waals surface area (Å²) in [5, 5.41) is 1.67. The van der Waals surface area contributed by atoms with E-state index in [4.69, 9.17) is 14.4 Å². The molecule has 0 radical (unpaired) electrons. The Morgan fingerprint density at radius 3 is 2.12 bits per heavy atom. The van der Waals surface area contributed by atoms with Gasteiger partial charge in [-0.05, 0) is 46.1 Å². The molecular formula is C28H34N2O3S. The zero-order chi connectivity index (χ0) is 25.2. The Kier molecular flexibility index (Phi) is 5.67. The number of benzene rings is 1. The van der Waals surface area contributed by atoms with Gasteiger partial charge in [-0.1, -0.05) is 55.4 Å². The van der Waals surface area contributed by atoms with Gasteiger partial charge in [0.15, 0.2) is 9.84 Å². The first-order valence-corrected chi connectivity index (χ1v) is 13.5. The Balaban J connectivity index is 2.11. The van der Waals surface area contributed by atoms with Crippen LogP contribution in [0, 0.1) is 0 Å². The van der Waals surface area contributed by atoms with E-state index in [9.17, 15) is 8.42 Å². The Morgan fingerprint density at radius 2 is 1.56 bits per heavy atom. The minimum atomic E-state index is -3.44. The largest absolute Gasteiger partial charge is 0.462 e. The van der Waals surface area contributed by atoms with Crippen molar-refractivity contribution in [2.24, 2.45) is 0 Å². The van der Waals surface area contributed by atoms with Crippen LogP contribution in [-0.2, 0) is 20.7 Å². The molecule has 180 valence electrons. The number of hydrogen-bond acceptors (Lipinski definition) is 5. The SMILES string of the molecule is CC(C)c1ncc(C(C)(C)C)c2cc(-c3cc(C(C)(C)C)cc4c(S(C)(=O)=O)coc34)cnc12. The first-order chi connectivity index (χ1) is 15.6. The molecule has 0 spiro atoms. The van der Waals surface area contributed by atoms with Crippen LogP contribution >= 0.6 is 0 Å². The number of nitrogens with zero attached hydrogens (tertiary/aromatic N) is 2. The van der Waals surface area contributed by atoms with Crippen LogP contribution in [0.2, 0.25) is 0 Å². The molecule has 0 aliphatic rings. The second-order valence-electron chi connectivity index (χ2n) is 11.6. The molecule has 0 saturated carbocycles. The molecule has 0 amide bonds. The molecule has 4 aromatic rings. The smallest absolute Gasteiger partial charge is 0.179 e. The first-order valence-electron chi connectivity index (χ1n) is 11.6. The lowest BCUT2D eigenvalue weighted by Crippen LogP contribution is -2.14. The van der Waals surface area contributed by atoms with Gasteiger partial charge in [-0.15, -0.1) is 0 Å². The molecule has 34 heavy (non-hydrogen) atoms. The Hall–Kier alpha value is -2.73. The molecule has 3 aromatic heterocycles. The van der Waals surface area contributed by atoms with Crippen LogP contribution < -0.4 is 0 Å². The summed E-state index contributed by atoms with van der Waals surface area (Å²) in [6, 6.07) is 6.19. The molecule has 0 aliphatic carbocycles. The summed E-state index contributed by atoms with van der Waals surface area (Å²) in [7, 11) is -3.44. The van der Waals surface area contributed by atoms with Crippen molar-refractivity contribution >= 4 is 31.7 Å². The number of sulfone groups is 1. The van der Waals surface area contributed by atoms with E-state index < -0.39 is 9.84 Å². The quantitative estimate of drug-likeness (QED) is 0.312. The number of hydrogen-bond donors (Lipinski definition) is 0. The van der Waals surface area contributed by atoms with Gasteiger partial charge in [0, 0.05) is 40.5 Å². The van der Waals surface area contributed by atoms with E-state index in [1.54, 1.807) is 0 Å². The summed E-state index contributed by atoms with van der Waals surface area (Å²) >= 11 is 0. The summed E-state index contributed by atoms with van der Waals surface area (Å²) in [4.78, 5) is 9.85. The third-order valence-corrected chi connectivity index (χ3v) is 7.44. The van der Waals surface area contributed by atoms with Crippen LogP contribution in [0.15, 0.2) is 46.2 Å². The van der Waals surface area contributed by atoms with E-state index in [-0.39, 0.29) is 21.6 Å². The normalized spacial score (nSPS) is 13.4. The molecule has 0 saturated heterocycles. The van der Waals surface area contributed by atoms with Crippen molar-refractivity contribution in [3.05, 3.63) is 53.7 Å². The Morgan fingerprint density at radius 1 is 0.882 bits per heavy atom. The molecule has 5 nitrogen and oxygen atoms in total. The van der Waals surface area contributed by atoms with Gasteiger partial charge in [0.2, 0.25) is 0 Å². The molecule has 1 aromatic carbocycles. The molecule has 6 heteroatoms. The fourth-order valence-corrected chi connectivity index (χ4v) is 5.13. The third kappa shape index (κ3) is 4.24. The summed E-state index contributed by atoms with van der Waals surface area (Å²) in [5.41, 5.74) is 6.05. The molecular weight excluding hydrogens is 444 g/mol. The summed E-state index contributed by atoms with van der Waals surface area (Å²) in [5.74, 6) is 0.244. The molecule has 4 rings (SSSR count). The fourth-order valence-electron chi connectivity index (χ4n) is 4.36. The monoisotopic (exact) mass is 478 g/mol. The number of rotatable bonds is 3. The molecule has 0 bridgehead atoms. The highest BCUT2D eigenvalue weighted by Gasteiger charge is 2.25. The summed E-state index contributed by atoms with van der Waals surface area (Å²) in [6.45, 7) is 17.1. The van der Waals surface area contributed by atoms with Crippen molar-refractivity contribution < 1.29 is 12.8 Å². The molecule has 3 heterocycles. The second kappa shape index (κ2) is 7.91. The van der Waals surface area contributed by atoms with Crippen LogP contribution in [0.3, 0.4) is 0 Å². The average Bonchev–Trinajstić information content (AvgIpc) is 3.15. The number of furan rings is 1. The molecule has 0 unspecified atom stereocenters. The summed E-state index contributed by atoms with van der Waals surface area (Å²) < 4.78 is 30.8. The minimum Gasteiger partial charge on any atom is -0.462 e. The van der Waals surface area contributed by atoms with Gasteiger partial charge in [-0.2, -0.15) is 0 Å². The molecule has 0 N–H and O–H groups in total. The Labute approximate surface area is 202 Å². The van der Waals surface area contributed by atoms with Crippen LogP contribution in [0.25, 0.3) is 33.0 Å². The van der Waals surface area contributed by atoms with Gasteiger partial charge < -0.3 is 4.42 Å². The zero-order valence-corrected chi connectivity index (χ0v) is 22.4. The number of pyridine rings is 2. The van der Waals surface area contributed by atoms with E-state index in [0.29, 0.717) is 11.0 Å².